The van der Waals surface area contributed by atoms with E-state index in [1.807, 2.05) is 18.2 Å². The molecule has 1 saturated heterocycles. The third-order valence-corrected chi connectivity index (χ3v) is 3.74. The number of aromatic nitrogens is 2. The molecular formula is C16H19FN4O. The number of hydrogen-bond donors (Lipinski definition) is 1. The highest BCUT2D eigenvalue weighted by Gasteiger charge is 2.23. The van der Waals surface area contributed by atoms with Crippen molar-refractivity contribution in [1.82, 2.24) is 14.9 Å². The summed E-state index contributed by atoms with van der Waals surface area (Å²) in [7, 11) is 0. The third-order valence-electron chi connectivity index (χ3n) is 3.74. The fourth-order valence-corrected chi connectivity index (χ4v) is 2.59. The summed E-state index contributed by atoms with van der Waals surface area (Å²) < 4.78 is 19.1. The van der Waals surface area contributed by atoms with Crippen molar-refractivity contribution < 1.29 is 9.13 Å². The van der Waals surface area contributed by atoms with E-state index in [0.717, 1.165) is 18.8 Å². The number of rotatable bonds is 5. The minimum absolute atomic E-state index is 0.0616. The van der Waals surface area contributed by atoms with Crippen LogP contribution < -0.4 is 5.32 Å². The van der Waals surface area contributed by atoms with E-state index in [1.54, 1.807) is 18.5 Å². The zero-order valence-corrected chi connectivity index (χ0v) is 12.3. The van der Waals surface area contributed by atoms with Crippen molar-refractivity contribution in [3.8, 4) is 0 Å². The van der Waals surface area contributed by atoms with E-state index in [-0.39, 0.29) is 17.7 Å². The lowest BCUT2D eigenvalue weighted by Crippen LogP contribution is -2.42. The molecule has 0 bridgehead atoms. The van der Waals surface area contributed by atoms with E-state index < -0.39 is 0 Å². The molecule has 116 valence electrons. The molecule has 1 unspecified atom stereocenters. The second kappa shape index (κ2) is 7.29. The van der Waals surface area contributed by atoms with Crippen LogP contribution in [0.3, 0.4) is 0 Å². The van der Waals surface area contributed by atoms with Crippen molar-refractivity contribution in [3.05, 3.63) is 54.2 Å². The Balaban J connectivity index is 1.75. The van der Waals surface area contributed by atoms with Gasteiger partial charge in [-0.25, -0.2) is 9.37 Å². The van der Waals surface area contributed by atoms with Crippen LogP contribution in [0.2, 0.25) is 0 Å². The van der Waals surface area contributed by atoms with Crippen LogP contribution in [-0.4, -0.2) is 47.7 Å². The van der Waals surface area contributed by atoms with Crippen molar-refractivity contribution in [2.24, 2.45) is 0 Å². The average molecular weight is 302 g/mol. The molecule has 0 saturated carbocycles. The van der Waals surface area contributed by atoms with E-state index in [4.69, 9.17) is 4.74 Å². The summed E-state index contributed by atoms with van der Waals surface area (Å²) >= 11 is 0. The maximum absolute atomic E-state index is 13.7. The quantitative estimate of drug-likeness (QED) is 0.916. The molecule has 1 N–H and O–H groups in total. The standard InChI is InChI=1S/C16H19FN4O/c17-13-4-3-7-19-16(13)20-12-15(14-5-1-2-6-18-14)21-8-10-22-11-9-21/h1-7,15H,8-12H2,(H,19,20). The summed E-state index contributed by atoms with van der Waals surface area (Å²) in [5.41, 5.74) is 0.966. The second-order valence-electron chi connectivity index (χ2n) is 5.13. The largest absolute Gasteiger partial charge is 0.379 e. The fourth-order valence-electron chi connectivity index (χ4n) is 2.59. The van der Waals surface area contributed by atoms with Gasteiger partial charge in [-0.3, -0.25) is 9.88 Å². The van der Waals surface area contributed by atoms with Crippen LogP contribution in [0.15, 0.2) is 42.7 Å². The number of nitrogens with one attached hydrogen (secondary N) is 1. The second-order valence-corrected chi connectivity index (χ2v) is 5.13. The van der Waals surface area contributed by atoms with Crippen molar-refractivity contribution in [1.29, 1.82) is 0 Å². The van der Waals surface area contributed by atoms with Gasteiger partial charge in [-0.1, -0.05) is 6.07 Å². The van der Waals surface area contributed by atoms with E-state index in [0.29, 0.717) is 19.8 Å². The van der Waals surface area contributed by atoms with Gasteiger partial charge in [0.1, 0.15) is 0 Å². The van der Waals surface area contributed by atoms with Gasteiger partial charge in [0, 0.05) is 32.0 Å². The number of hydrogen-bond acceptors (Lipinski definition) is 5. The Hall–Kier alpha value is -2.05. The maximum atomic E-state index is 13.7. The first kappa shape index (κ1) is 14.9. The molecule has 0 aliphatic carbocycles. The van der Waals surface area contributed by atoms with Crippen LogP contribution in [0.1, 0.15) is 11.7 Å². The normalized spacial score (nSPS) is 17.1. The highest BCUT2D eigenvalue weighted by molar-refractivity contribution is 5.36. The molecule has 1 fully saturated rings. The Morgan fingerprint density at radius 1 is 1.14 bits per heavy atom. The molecule has 6 heteroatoms. The predicted octanol–water partition coefficient (Wildman–Crippen LogP) is 2.10. The molecular weight excluding hydrogens is 283 g/mol. The van der Waals surface area contributed by atoms with E-state index in [1.165, 1.54) is 6.07 Å². The molecule has 0 aromatic carbocycles. The smallest absolute Gasteiger partial charge is 0.165 e. The Labute approximate surface area is 129 Å². The molecule has 0 spiro atoms. The SMILES string of the molecule is Fc1cccnc1NCC(c1ccccn1)N1CCOCC1. The maximum Gasteiger partial charge on any atom is 0.165 e. The number of anilines is 1. The zero-order chi connectivity index (χ0) is 15.2. The molecule has 0 amide bonds. The van der Waals surface area contributed by atoms with Crippen molar-refractivity contribution in [2.45, 2.75) is 6.04 Å². The van der Waals surface area contributed by atoms with Gasteiger partial charge in [-0.05, 0) is 24.3 Å². The zero-order valence-electron chi connectivity index (χ0n) is 12.3. The van der Waals surface area contributed by atoms with Crippen LogP contribution in [0.4, 0.5) is 10.2 Å². The van der Waals surface area contributed by atoms with Crippen LogP contribution in [0, 0.1) is 5.82 Å². The summed E-state index contributed by atoms with van der Waals surface area (Å²) in [5.74, 6) is -0.0686. The van der Waals surface area contributed by atoms with Gasteiger partial charge in [-0.2, -0.15) is 0 Å². The molecule has 3 heterocycles. The Kier molecular flexibility index (Phi) is 4.92. The lowest BCUT2D eigenvalue weighted by Gasteiger charge is -2.34. The van der Waals surface area contributed by atoms with Gasteiger partial charge in [0.25, 0.3) is 0 Å². The molecule has 1 aliphatic heterocycles. The Morgan fingerprint density at radius 2 is 1.95 bits per heavy atom. The van der Waals surface area contributed by atoms with Crippen molar-refractivity contribution in [2.75, 3.05) is 38.2 Å². The lowest BCUT2D eigenvalue weighted by molar-refractivity contribution is 0.0178. The van der Waals surface area contributed by atoms with E-state index >= 15 is 0 Å². The topological polar surface area (TPSA) is 50.3 Å². The molecule has 1 atom stereocenters. The summed E-state index contributed by atoms with van der Waals surface area (Å²) in [4.78, 5) is 10.8. The van der Waals surface area contributed by atoms with Gasteiger partial charge in [0.2, 0.25) is 0 Å². The monoisotopic (exact) mass is 302 g/mol. The molecule has 2 aromatic rings. The lowest BCUT2D eigenvalue weighted by atomic mass is 10.1. The Morgan fingerprint density at radius 3 is 2.68 bits per heavy atom. The van der Waals surface area contributed by atoms with Crippen LogP contribution in [0.25, 0.3) is 0 Å². The van der Waals surface area contributed by atoms with Gasteiger partial charge >= 0.3 is 0 Å². The van der Waals surface area contributed by atoms with E-state index in [9.17, 15) is 4.39 Å². The van der Waals surface area contributed by atoms with Crippen molar-refractivity contribution >= 4 is 5.82 Å². The van der Waals surface area contributed by atoms with Gasteiger partial charge < -0.3 is 10.1 Å². The van der Waals surface area contributed by atoms with Crippen LogP contribution >= 0.6 is 0 Å². The molecule has 22 heavy (non-hydrogen) atoms. The summed E-state index contributed by atoms with van der Waals surface area (Å²) in [5, 5.41) is 3.10. The molecule has 2 aromatic heterocycles. The summed E-state index contributed by atoms with van der Waals surface area (Å²) in [6.45, 7) is 3.65. The average Bonchev–Trinajstić information content (AvgIpc) is 2.59. The predicted molar refractivity (Wildman–Crippen MR) is 82.1 cm³/mol. The molecule has 1 aliphatic rings. The van der Waals surface area contributed by atoms with Crippen LogP contribution in [0.5, 0.6) is 0 Å². The van der Waals surface area contributed by atoms with Crippen molar-refractivity contribution in [3.63, 3.8) is 0 Å². The number of nitrogens with zero attached hydrogens (tertiary/aromatic N) is 3. The number of pyridine rings is 2. The highest BCUT2D eigenvalue weighted by atomic mass is 19.1. The first-order valence-corrected chi connectivity index (χ1v) is 7.42. The molecule has 3 rings (SSSR count). The first-order chi connectivity index (χ1) is 10.8. The van der Waals surface area contributed by atoms with Gasteiger partial charge in [0.15, 0.2) is 11.6 Å². The van der Waals surface area contributed by atoms with Crippen LogP contribution in [-0.2, 0) is 4.74 Å². The number of ether oxygens (including phenoxy) is 1. The van der Waals surface area contributed by atoms with Gasteiger partial charge in [0.05, 0.1) is 24.9 Å². The third kappa shape index (κ3) is 3.58. The molecule has 0 radical (unpaired) electrons. The first-order valence-electron chi connectivity index (χ1n) is 7.42. The number of halogens is 1. The minimum Gasteiger partial charge on any atom is -0.379 e. The van der Waals surface area contributed by atoms with Gasteiger partial charge in [-0.15, -0.1) is 0 Å². The number of morpholine rings is 1. The highest BCUT2D eigenvalue weighted by Crippen LogP contribution is 2.21. The fraction of sp³-hybridized carbons (Fsp3) is 0.375. The summed E-state index contributed by atoms with van der Waals surface area (Å²) in [6, 6.07) is 8.91. The van der Waals surface area contributed by atoms with E-state index in [2.05, 4.69) is 20.2 Å². The minimum atomic E-state index is -0.343. The summed E-state index contributed by atoms with van der Waals surface area (Å²) in [6.07, 6.45) is 3.36. The molecule has 5 nitrogen and oxygen atoms in total. The Bertz CT molecular complexity index is 590.